The smallest absolute Gasteiger partial charge is 0.0409 e. The van der Waals surface area contributed by atoms with Gasteiger partial charge in [0.2, 0.25) is 0 Å². The molecule has 2 atom stereocenters. The van der Waals surface area contributed by atoms with Crippen molar-refractivity contribution in [3.63, 3.8) is 0 Å². The molecule has 0 radical (unpaired) electrons. The van der Waals surface area contributed by atoms with E-state index >= 15 is 0 Å². The fourth-order valence-electron chi connectivity index (χ4n) is 2.32. The Morgan fingerprint density at radius 1 is 1.43 bits per heavy atom. The second-order valence-electron chi connectivity index (χ2n) is 4.12. The number of hydrogen-bond donors (Lipinski definition) is 1. The van der Waals surface area contributed by atoms with E-state index in [2.05, 4.69) is 22.8 Å². The molecule has 78 valence electrons. The average Bonchev–Trinajstić information content (AvgIpc) is 2.63. The van der Waals surface area contributed by atoms with Crippen molar-refractivity contribution in [2.75, 3.05) is 7.05 Å². The summed E-state index contributed by atoms with van der Waals surface area (Å²) in [5, 5.41) is 3.42. The Kier molecular flexibility index (Phi) is 3.54. The molecule has 0 bridgehead atoms. The van der Waals surface area contributed by atoms with Crippen LogP contribution < -0.4 is 5.32 Å². The summed E-state index contributed by atoms with van der Waals surface area (Å²) < 4.78 is 4.20. The Bertz CT molecular complexity index is 258. The van der Waals surface area contributed by atoms with E-state index in [-0.39, 0.29) is 0 Å². The number of aromatic nitrogens is 1. The normalized spacial score (nSPS) is 28.6. The van der Waals surface area contributed by atoms with Gasteiger partial charge in [-0.05, 0) is 49.8 Å². The van der Waals surface area contributed by atoms with Gasteiger partial charge in [0.1, 0.15) is 0 Å². The number of rotatable bonds is 2. The summed E-state index contributed by atoms with van der Waals surface area (Å²) in [6.07, 6.45) is 8.66. The van der Waals surface area contributed by atoms with Gasteiger partial charge >= 0.3 is 0 Å². The molecule has 1 saturated carbocycles. The highest BCUT2D eigenvalue weighted by molar-refractivity contribution is 7.05. The third-order valence-electron chi connectivity index (χ3n) is 3.19. The third-order valence-corrected chi connectivity index (χ3v) is 4.10. The van der Waals surface area contributed by atoms with Gasteiger partial charge < -0.3 is 5.32 Å². The zero-order valence-electron chi connectivity index (χ0n) is 8.70. The lowest BCUT2D eigenvalue weighted by Crippen LogP contribution is -2.25. The summed E-state index contributed by atoms with van der Waals surface area (Å²) in [5.74, 6) is 0.752. The van der Waals surface area contributed by atoms with Crippen LogP contribution in [0.5, 0.6) is 0 Å². The maximum Gasteiger partial charge on any atom is 0.0409 e. The van der Waals surface area contributed by atoms with E-state index in [1.165, 1.54) is 37.0 Å². The van der Waals surface area contributed by atoms with E-state index in [4.69, 9.17) is 0 Å². The van der Waals surface area contributed by atoms with Crippen LogP contribution in [0, 0.1) is 0 Å². The van der Waals surface area contributed by atoms with Crippen LogP contribution in [0.25, 0.3) is 0 Å². The van der Waals surface area contributed by atoms with Gasteiger partial charge in [-0.1, -0.05) is 12.8 Å². The van der Waals surface area contributed by atoms with Crippen molar-refractivity contribution < 1.29 is 0 Å². The lowest BCUT2D eigenvalue weighted by molar-refractivity contribution is 0.474. The maximum absolute atomic E-state index is 4.20. The molecule has 1 fully saturated rings. The summed E-state index contributed by atoms with van der Waals surface area (Å²) in [6.45, 7) is 0. The number of nitrogens with one attached hydrogen (secondary N) is 1. The van der Waals surface area contributed by atoms with Crippen LogP contribution in [0.1, 0.15) is 42.9 Å². The molecule has 0 amide bonds. The predicted molar refractivity (Wildman–Crippen MR) is 60.8 cm³/mol. The van der Waals surface area contributed by atoms with Gasteiger partial charge in [0.15, 0.2) is 0 Å². The second kappa shape index (κ2) is 4.89. The average molecular weight is 210 g/mol. The van der Waals surface area contributed by atoms with Crippen LogP contribution in [0.3, 0.4) is 0 Å². The van der Waals surface area contributed by atoms with Gasteiger partial charge in [0.25, 0.3) is 0 Å². The van der Waals surface area contributed by atoms with Gasteiger partial charge in [0.05, 0.1) is 0 Å². The second-order valence-corrected chi connectivity index (χ2v) is 4.98. The van der Waals surface area contributed by atoms with Crippen molar-refractivity contribution in [3.05, 3.63) is 17.1 Å². The minimum atomic E-state index is 0.713. The molecule has 0 saturated heterocycles. The standard InChI is InChI=1S/C11H18N2S/c1-12-10-5-3-2-4-9(8-10)11-6-7-13-14-11/h6-7,9-10,12H,2-5,8H2,1H3. The van der Waals surface area contributed by atoms with Crippen LogP contribution in [0.4, 0.5) is 0 Å². The van der Waals surface area contributed by atoms with Crippen LogP contribution in [0.2, 0.25) is 0 Å². The summed E-state index contributed by atoms with van der Waals surface area (Å²) in [6, 6.07) is 2.90. The highest BCUT2D eigenvalue weighted by Crippen LogP contribution is 2.33. The van der Waals surface area contributed by atoms with Crippen molar-refractivity contribution in [3.8, 4) is 0 Å². The van der Waals surface area contributed by atoms with E-state index in [1.807, 2.05) is 6.20 Å². The Morgan fingerprint density at radius 2 is 2.29 bits per heavy atom. The molecule has 0 spiro atoms. The molecule has 1 N–H and O–H groups in total. The molecule has 1 aliphatic carbocycles. The Hall–Kier alpha value is -0.410. The first-order valence-electron chi connectivity index (χ1n) is 5.48. The zero-order chi connectivity index (χ0) is 9.80. The summed E-state index contributed by atoms with van der Waals surface area (Å²) in [4.78, 5) is 1.48. The lowest BCUT2D eigenvalue weighted by atomic mass is 9.96. The van der Waals surface area contributed by atoms with Crippen LogP contribution in [-0.2, 0) is 0 Å². The van der Waals surface area contributed by atoms with Crippen LogP contribution in [0.15, 0.2) is 12.3 Å². The van der Waals surface area contributed by atoms with Gasteiger partial charge in [-0.25, -0.2) is 4.37 Å². The molecule has 0 aliphatic heterocycles. The molecule has 1 aromatic heterocycles. The third kappa shape index (κ3) is 2.34. The van der Waals surface area contributed by atoms with Gasteiger partial charge in [-0.2, -0.15) is 0 Å². The molecular weight excluding hydrogens is 192 g/mol. The Morgan fingerprint density at radius 3 is 3.00 bits per heavy atom. The topological polar surface area (TPSA) is 24.9 Å². The lowest BCUT2D eigenvalue weighted by Gasteiger charge is -2.17. The first kappa shape index (κ1) is 10.1. The molecule has 0 aromatic carbocycles. The fraction of sp³-hybridized carbons (Fsp3) is 0.727. The molecular formula is C11H18N2S. The van der Waals surface area contributed by atoms with Crippen molar-refractivity contribution >= 4 is 11.5 Å². The molecule has 2 nitrogen and oxygen atoms in total. The van der Waals surface area contributed by atoms with E-state index in [0.29, 0.717) is 6.04 Å². The monoisotopic (exact) mass is 210 g/mol. The first-order chi connectivity index (χ1) is 6.90. The summed E-state index contributed by atoms with van der Waals surface area (Å²) in [7, 11) is 2.08. The SMILES string of the molecule is CNC1CCCCC(c2ccns2)C1. The quantitative estimate of drug-likeness (QED) is 0.759. The van der Waals surface area contributed by atoms with E-state index in [1.54, 1.807) is 11.5 Å². The summed E-state index contributed by atoms with van der Waals surface area (Å²) >= 11 is 1.67. The zero-order valence-corrected chi connectivity index (χ0v) is 9.52. The van der Waals surface area contributed by atoms with Crippen molar-refractivity contribution in [2.45, 2.75) is 44.1 Å². The fourth-order valence-corrected chi connectivity index (χ4v) is 3.05. The van der Waals surface area contributed by atoms with E-state index in [0.717, 1.165) is 5.92 Å². The van der Waals surface area contributed by atoms with E-state index in [9.17, 15) is 0 Å². The summed E-state index contributed by atoms with van der Waals surface area (Å²) in [5.41, 5.74) is 0. The Balaban J connectivity index is 2.03. The molecule has 3 heteroatoms. The van der Waals surface area contributed by atoms with E-state index < -0.39 is 0 Å². The largest absolute Gasteiger partial charge is 0.317 e. The van der Waals surface area contributed by atoms with Crippen LogP contribution in [-0.4, -0.2) is 17.5 Å². The van der Waals surface area contributed by atoms with Gasteiger partial charge in [-0.15, -0.1) is 0 Å². The minimum Gasteiger partial charge on any atom is -0.317 e. The number of nitrogens with zero attached hydrogens (tertiary/aromatic N) is 1. The van der Waals surface area contributed by atoms with Crippen LogP contribution >= 0.6 is 11.5 Å². The highest BCUT2D eigenvalue weighted by Gasteiger charge is 2.21. The molecule has 1 heterocycles. The van der Waals surface area contributed by atoms with Crippen molar-refractivity contribution in [2.24, 2.45) is 0 Å². The van der Waals surface area contributed by atoms with Crippen molar-refractivity contribution in [1.82, 2.24) is 9.69 Å². The minimum absolute atomic E-state index is 0.713. The van der Waals surface area contributed by atoms with Gasteiger partial charge in [-0.3, -0.25) is 0 Å². The van der Waals surface area contributed by atoms with Crippen molar-refractivity contribution in [1.29, 1.82) is 0 Å². The number of hydrogen-bond acceptors (Lipinski definition) is 3. The Labute approximate surface area is 89.9 Å². The predicted octanol–water partition coefficient (Wildman–Crippen LogP) is 2.78. The molecule has 2 rings (SSSR count). The molecule has 1 aliphatic rings. The molecule has 14 heavy (non-hydrogen) atoms. The first-order valence-corrected chi connectivity index (χ1v) is 6.25. The molecule has 2 unspecified atom stereocenters. The maximum atomic E-state index is 4.20. The molecule has 1 aromatic rings. The van der Waals surface area contributed by atoms with Gasteiger partial charge in [0, 0.05) is 17.1 Å². The highest BCUT2D eigenvalue weighted by atomic mass is 32.1.